The van der Waals surface area contributed by atoms with Gasteiger partial charge in [0.05, 0.1) is 11.4 Å². The van der Waals surface area contributed by atoms with Crippen LogP contribution in [0.1, 0.15) is 35.2 Å². The molecule has 126 valence electrons. The molecule has 4 nitrogen and oxygen atoms in total. The van der Waals surface area contributed by atoms with Crippen LogP contribution in [0, 0.1) is 5.92 Å². The minimum absolute atomic E-state index is 0.0250. The quantitative estimate of drug-likeness (QED) is 0.564. The summed E-state index contributed by atoms with van der Waals surface area (Å²) in [7, 11) is 0. The Morgan fingerprint density at radius 1 is 1.08 bits per heavy atom. The minimum atomic E-state index is 0.0250. The predicted octanol–water partition coefficient (Wildman–Crippen LogP) is 3.30. The Labute approximate surface area is 143 Å². The molecule has 4 heteroatoms. The van der Waals surface area contributed by atoms with E-state index in [1.165, 1.54) is 12.8 Å². The highest BCUT2D eigenvalue weighted by Gasteiger charge is 2.13. The van der Waals surface area contributed by atoms with Gasteiger partial charge in [0.15, 0.2) is 5.78 Å². The van der Waals surface area contributed by atoms with Crippen molar-refractivity contribution in [1.29, 1.82) is 0 Å². The highest BCUT2D eigenvalue weighted by Crippen LogP contribution is 2.23. The Bertz CT molecular complexity index is 679. The molecule has 2 aromatic carbocycles. The zero-order chi connectivity index (χ0) is 16.8. The van der Waals surface area contributed by atoms with Gasteiger partial charge >= 0.3 is 0 Å². The van der Waals surface area contributed by atoms with Crippen molar-refractivity contribution in [3.8, 4) is 0 Å². The summed E-state index contributed by atoms with van der Waals surface area (Å²) in [5.41, 5.74) is 8.96. The van der Waals surface area contributed by atoms with Crippen LogP contribution in [0.25, 0.3) is 0 Å². The fourth-order valence-corrected chi connectivity index (χ4v) is 3.19. The van der Waals surface area contributed by atoms with Gasteiger partial charge in [-0.3, -0.25) is 4.79 Å². The van der Waals surface area contributed by atoms with Crippen molar-refractivity contribution in [1.82, 2.24) is 5.32 Å². The van der Waals surface area contributed by atoms with E-state index in [2.05, 4.69) is 10.6 Å². The van der Waals surface area contributed by atoms with Crippen molar-refractivity contribution >= 4 is 17.2 Å². The van der Waals surface area contributed by atoms with Crippen LogP contribution in [-0.4, -0.2) is 25.4 Å². The lowest BCUT2D eigenvalue weighted by Gasteiger charge is -2.23. The molecule has 4 N–H and O–H groups in total. The van der Waals surface area contributed by atoms with Crippen molar-refractivity contribution in [3.63, 3.8) is 0 Å². The van der Waals surface area contributed by atoms with Crippen molar-refractivity contribution in [2.45, 2.75) is 19.3 Å². The summed E-state index contributed by atoms with van der Waals surface area (Å²) in [5.74, 6) is 0.797. The minimum Gasteiger partial charge on any atom is -0.397 e. The van der Waals surface area contributed by atoms with Gasteiger partial charge in [0.2, 0.25) is 0 Å². The number of nitrogens with two attached hydrogens (primary N) is 1. The number of hydrogen-bond acceptors (Lipinski definition) is 4. The van der Waals surface area contributed by atoms with Crippen LogP contribution in [-0.2, 0) is 0 Å². The number of rotatable bonds is 6. The van der Waals surface area contributed by atoms with Gasteiger partial charge < -0.3 is 16.4 Å². The van der Waals surface area contributed by atoms with Gasteiger partial charge in [-0.05, 0) is 56.5 Å². The molecule has 3 rings (SSSR count). The maximum atomic E-state index is 12.6. The molecule has 2 aromatic rings. The number of hydrogen-bond donors (Lipinski definition) is 3. The summed E-state index contributed by atoms with van der Waals surface area (Å²) in [6, 6.07) is 14.8. The molecule has 1 aliphatic heterocycles. The normalized spacial score (nSPS) is 15.2. The topological polar surface area (TPSA) is 67.2 Å². The third kappa shape index (κ3) is 4.15. The number of benzene rings is 2. The first-order valence-electron chi connectivity index (χ1n) is 8.68. The van der Waals surface area contributed by atoms with Gasteiger partial charge in [0.1, 0.15) is 0 Å². The van der Waals surface area contributed by atoms with Crippen LogP contribution in [0.4, 0.5) is 11.4 Å². The first-order valence-corrected chi connectivity index (χ1v) is 8.68. The maximum Gasteiger partial charge on any atom is 0.193 e. The Hall–Kier alpha value is -2.33. The lowest BCUT2D eigenvalue weighted by Crippen LogP contribution is -2.28. The van der Waals surface area contributed by atoms with Gasteiger partial charge in [0.25, 0.3) is 0 Å². The number of nitrogens with one attached hydrogen (secondary N) is 2. The molecule has 1 fully saturated rings. The second-order valence-electron chi connectivity index (χ2n) is 6.41. The Kier molecular flexibility index (Phi) is 5.49. The third-order valence-corrected chi connectivity index (χ3v) is 4.68. The predicted molar refractivity (Wildman–Crippen MR) is 99.4 cm³/mol. The zero-order valence-electron chi connectivity index (χ0n) is 13.9. The van der Waals surface area contributed by atoms with E-state index in [4.69, 9.17) is 5.73 Å². The fraction of sp³-hybridized carbons (Fsp3) is 0.350. The molecule has 0 aliphatic carbocycles. The highest BCUT2D eigenvalue weighted by molar-refractivity contribution is 6.09. The molecular formula is C20H25N3O. The molecule has 0 spiro atoms. The first-order chi connectivity index (χ1) is 11.7. The van der Waals surface area contributed by atoms with E-state index in [0.29, 0.717) is 16.8 Å². The second kappa shape index (κ2) is 7.97. The average molecular weight is 323 g/mol. The summed E-state index contributed by atoms with van der Waals surface area (Å²) in [4.78, 5) is 12.6. The van der Waals surface area contributed by atoms with Crippen molar-refractivity contribution in [3.05, 3.63) is 59.7 Å². The monoisotopic (exact) mass is 323 g/mol. The van der Waals surface area contributed by atoms with Crippen LogP contribution in [0.15, 0.2) is 48.5 Å². The molecule has 0 amide bonds. The van der Waals surface area contributed by atoms with Gasteiger partial charge in [-0.1, -0.05) is 30.3 Å². The standard InChI is InChI=1S/C20H25N3O/c21-18-7-6-17(20(24)16-4-2-1-3-5-16)14-19(18)23-13-10-15-8-11-22-12-9-15/h1-7,14-15,22-23H,8-13,21H2. The van der Waals surface area contributed by atoms with E-state index < -0.39 is 0 Å². The summed E-state index contributed by atoms with van der Waals surface area (Å²) < 4.78 is 0. The Balaban J connectivity index is 1.64. The summed E-state index contributed by atoms with van der Waals surface area (Å²) in [5, 5.41) is 6.80. The lowest BCUT2D eigenvalue weighted by atomic mass is 9.94. The molecule has 0 bridgehead atoms. The molecule has 0 unspecified atom stereocenters. The van der Waals surface area contributed by atoms with Gasteiger partial charge in [-0.25, -0.2) is 0 Å². The van der Waals surface area contributed by atoms with Crippen LogP contribution >= 0.6 is 0 Å². The lowest BCUT2D eigenvalue weighted by molar-refractivity contribution is 0.103. The number of piperidine rings is 1. The highest BCUT2D eigenvalue weighted by atomic mass is 16.1. The molecule has 1 heterocycles. The Morgan fingerprint density at radius 2 is 1.83 bits per heavy atom. The second-order valence-corrected chi connectivity index (χ2v) is 6.41. The number of carbonyl (C=O) groups excluding carboxylic acids is 1. The van der Waals surface area contributed by atoms with Crippen LogP contribution < -0.4 is 16.4 Å². The number of carbonyl (C=O) groups is 1. The molecule has 0 aromatic heterocycles. The first kappa shape index (κ1) is 16.5. The summed E-state index contributed by atoms with van der Waals surface area (Å²) in [6.07, 6.45) is 3.62. The van der Waals surface area contributed by atoms with E-state index in [-0.39, 0.29) is 5.78 Å². The third-order valence-electron chi connectivity index (χ3n) is 4.68. The average Bonchev–Trinajstić information content (AvgIpc) is 2.64. The van der Waals surface area contributed by atoms with Crippen molar-refractivity contribution in [2.75, 3.05) is 30.7 Å². The van der Waals surface area contributed by atoms with E-state index >= 15 is 0 Å². The number of nitrogen functional groups attached to an aromatic ring is 1. The largest absolute Gasteiger partial charge is 0.397 e. The molecule has 1 saturated heterocycles. The number of ketones is 1. The van der Waals surface area contributed by atoms with Crippen LogP contribution in [0.3, 0.4) is 0 Å². The van der Waals surface area contributed by atoms with Crippen LogP contribution in [0.5, 0.6) is 0 Å². The maximum absolute atomic E-state index is 12.6. The smallest absolute Gasteiger partial charge is 0.193 e. The molecular weight excluding hydrogens is 298 g/mol. The van der Waals surface area contributed by atoms with E-state index in [1.807, 2.05) is 42.5 Å². The molecule has 1 aliphatic rings. The Morgan fingerprint density at radius 3 is 2.58 bits per heavy atom. The van der Waals surface area contributed by atoms with E-state index in [1.54, 1.807) is 6.07 Å². The molecule has 0 atom stereocenters. The summed E-state index contributed by atoms with van der Waals surface area (Å²) >= 11 is 0. The molecule has 24 heavy (non-hydrogen) atoms. The van der Waals surface area contributed by atoms with Gasteiger partial charge in [-0.2, -0.15) is 0 Å². The molecule has 0 saturated carbocycles. The fourth-order valence-electron chi connectivity index (χ4n) is 3.19. The van der Waals surface area contributed by atoms with Crippen molar-refractivity contribution < 1.29 is 4.79 Å². The number of anilines is 2. The van der Waals surface area contributed by atoms with E-state index in [0.717, 1.165) is 37.7 Å². The van der Waals surface area contributed by atoms with E-state index in [9.17, 15) is 4.79 Å². The van der Waals surface area contributed by atoms with Gasteiger partial charge in [-0.15, -0.1) is 0 Å². The zero-order valence-corrected chi connectivity index (χ0v) is 13.9. The van der Waals surface area contributed by atoms with Crippen LogP contribution in [0.2, 0.25) is 0 Å². The van der Waals surface area contributed by atoms with Gasteiger partial charge in [0, 0.05) is 17.7 Å². The van der Waals surface area contributed by atoms with Crippen molar-refractivity contribution in [2.24, 2.45) is 5.92 Å². The molecule has 0 radical (unpaired) electrons. The SMILES string of the molecule is Nc1ccc(C(=O)c2ccccc2)cc1NCCC1CCNCC1. The summed E-state index contributed by atoms with van der Waals surface area (Å²) in [6.45, 7) is 3.12.